The summed E-state index contributed by atoms with van der Waals surface area (Å²) in [5.41, 5.74) is 7.69. The van der Waals surface area contributed by atoms with Crippen molar-refractivity contribution in [2.24, 2.45) is 0 Å². The van der Waals surface area contributed by atoms with E-state index >= 15 is 0 Å². The first-order valence-corrected chi connectivity index (χ1v) is 13.7. The van der Waals surface area contributed by atoms with Crippen LogP contribution in [0.25, 0.3) is 0 Å². The van der Waals surface area contributed by atoms with Crippen LogP contribution in [0.3, 0.4) is 0 Å². The van der Waals surface area contributed by atoms with E-state index in [1.54, 1.807) is 24.3 Å². The van der Waals surface area contributed by atoms with Crippen LogP contribution in [-0.2, 0) is 33.1 Å². The standard InChI is InChI=1S/C36H42O4/c1-25(21-27-9-17-31(18-10-27)35(3,4)5)23-39-33(37)29-13-15-30(16-14-29)34(38)40-24-26(2)22-28-11-19-32(20-12-28)36(6,7)8/h9-20,23-24H,21-22H2,1-8H3. The maximum atomic E-state index is 12.5. The highest BCUT2D eigenvalue weighted by Gasteiger charge is 2.14. The van der Waals surface area contributed by atoms with Gasteiger partial charge in [0.25, 0.3) is 0 Å². The summed E-state index contributed by atoms with van der Waals surface area (Å²) in [5.74, 6) is -0.953. The molecule has 4 heteroatoms. The third-order valence-electron chi connectivity index (χ3n) is 6.70. The lowest BCUT2D eigenvalue weighted by Crippen LogP contribution is -2.10. The quantitative estimate of drug-likeness (QED) is 0.212. The van der Waals surface area contributed by atoms with Gasteiger partial charge in [0.2, 0.25) is 0 Å². The van der Waals surface area contributed by atoms with Gasteiger partial charge in [-0.05, 0) is 95.2 Å². The van der Waals surface area contributed by atoms with Crippen molar-refractivity contribution in [2.45, 2.75) is 79.1 Å². The summed E-state index contributed by atoms with van der Waals surface area (Å²) in [5, 5.41) is 0. The first-order chi connectivity index (χ1) is 18.7. The molecule has 3 rings (SSSR count). The maximum Gasteiger partial charge on any atom is 0.342 e. The number of ether oxygens (including phenoxy) is 2. The molecule has 0 N–H and O–H groups in total. The molecule has 0 aliphatic carbocycles. The van der Waals surface area contributed by atoms with Gasteiger partial charge in [0, 0.05) is 0 Å². The number of hydrogen-bond acceptors (Lipinski definition) is 4. The Labute approximate surface area is 239 Å². The SMILES string of the molecule is CC(=COC(=O)c1ccc(C(=O)OC=C(C)Cc2ccc(C(C)(C)C)cc2)cc1)Cc1ccc(C(C)(C)C)cc1. The van der Waals surface area contributed by atoms with Crippen LogP contribution < -0.4 is 0 Å². The molecular weight excluding hydrogens is 496 g/mol. The zero-order valence-electron chi connectivity index (χ0n) is 25.1. The van der Waals surface area contributed by atoms with Gasteiger partial charge >= 0.3 is 11.9 Å². The van der Waals surface area contributed by atoms with Crippen molar-refractivity contribution in [1.29, 1.82) is 0 Å². The highest BCUT2D eigenvalue weighted by Crippen LogP contribution is 2.24. The first-order valence-electron chi connectivity index (χ1n) is 13.7. The molecule has 0 aromatic heterocycles. The lowest BCUT2D eigenvalue weighted by molar-refractivity contribution is 0.0646. The van der Waals surface area contributed by atoms with Crippen molar-refractivity contribution >= 4 is 11.9 Å². The minimum atomic E-state index is -0.476. The third-order valence-corrected chi connectivity index (χ3v) is 6.70. The summed E-state index contributed by atoms with van der Waals surface area (Å²) in [6, 6.07) is 23.3. The van der Waals surface area contributed by atoms with E-state index in [-0.39, 0.29) is 10.8 Å². The Hall–Kier alpha value is -3.92. The van der Waals surface area contributed by atoms with E-state index in [1.165, 1.54) is 23.7 Å². The molecule has 0 aliphatic rings. The van der Waals surface area contributed by atoms with Gasteiger partial charge in [-0.1, -0.05) is 90.1 Å². The number of carbonyl (C=O) groups excluding carboxylic acids is 2. The van der Waals surface area contributed by atoms with Crippen LogP contribution in [0.1, 0.15) is 98.4 Å². The molecule has 0 spiro atoms. The summed E-state index contributed by atoms with van der Waals surface area (Å²) in [6.45, 7) is 17.0. The van der Waals surface area contributed by atoms with Crippen molar-refractivity contribution < 1.29 is 19.1 Å². The number of esters is 2. The summed E-state index contributed by atoms with van der Waals surface area (Å²) in [4.78, 5) is 25.0. The molecule has 0 radical (unpaired) electrons. The molecule has 40 heavy (non-hydrogen) atoms. The molecule has 0 heterocycles. The van der Waals surface area contributed by atoms with Gasteiger partial charge in [0.15, 0.2) is 0 Å². The van der Waals surface area contributed by atoms with Crippen molar-refractivity contribution in [3.8, 4) is 0 Å². The molecule has 0 bridgehead atoms. The fourth-order valence-corrected chi connectivity index (χ4v) is 4.16. The van der Waals surface area contributed by atoms with Crippen molar-refractivity contribution in [2.75, 3.05) is 0 Å². The van der Waals surface area contributed by atoms with E-state index in [4.69, 9.17) is 9.47 Å². The van der Waals surface area contributed by atoms with Gasteiger partial charge in [0.05, 0.1) is 23.7 Å². The zero-order chi connectivity index (χ0) is 29.5. The van der Waals surface area contributed by atoms with Gasteiger partial charge in [-0.15, -0.1) is 0 Å². The van der Waals surface area contributed by atoms with E-state index in [0.717, 1.165) is 22.3 Å². The summed E-state index contributed by atoms with van der Waals surface area (Å²) < 4.78 is 10.8. The Morgan fingerprint density at radius 2 is 0.850 bits per heavy atom. The smallest absolute Gasteiger partial charge is 0.342 e. The van der Waals surface area contributed by atoms with Crippen LogP contribution in [0.2, 0.25) is 0 Å². The zero-order valence-corrected chi connectivity index (χ0v) is 25.1. The Kier molecular flexibility index (Phi) is 9.92. The average molecular weight is 539 g/mol. The third kappa shape index (κ3) is 9.08. The van der Waals surface area contributed by atoms with Crippen molar-refractivity contribution in [3.05, 3.63) is 130 Å². The van der Waals surface area contributed by atoms with E-state index < -0.39 is 11.9 Å². The molecule has 3 aromatic carbocycles. The van der Waals surface area contributed by atoms with E-state index in [9.17, 15) is 9.59 Å². The summed E-state index contributed by atoms with van der Waals surface area (Å²) in [7, 11) is 0. The van der Waals surface area contributed by atoms with Crippen LogP contribution >= 0.6 is 0 Å². The topological polar surface area (TPSA) is 52.6 Å². The van der Waals surface area contributed by atoms with Crippen LogP contribution in [0.4, 0.5) is 0 Å². The Morgan fingerprint density at radius 3 is 1.12 bits per heavy atom. The lowest BCUT2D eigenvalue weighted by atomic mass is 9.86. The van der Waals surface area contributed by atoms with Crippen LogP contribution in [0.5, 0.6) is 0 Å². The highest BCUT2D eigenvalue weighted by molar-refractivity contribution is 5.93. The largest absolute Gasteiger partial charge is 0.431 e. The second kappa shape index (κ2) is 13.0. The van der Waals surface area contributed by atoms with Gasteiger partial charge in [-0.2, -0.15) is 0 Å². The first kappa shape index (κ1) is 30.6. The maximum absolute atomic E-state index is 12.5. The van der Waals surface area contributed by atoms with E-state index in [0.29, 0.717) is 24.0 Å². The minimum Gasteiger partial charge on any atom is -0.431 e. The minimum absolute atomic E-state index is 0.111. The van der Waals surface area contributed by atoms with E-state index in [2.05, 4.69) is 90.1 Å². The second-order valence-electron chi connectivity index (χ2n) is 12.6. The molecule has 0 fully saturated rings. The number of benzene rings is 3. The number of rotatable bonds is 8. The van der Waals surface area contributed by atoms with Crippen LogP contribution in [0, 0.1) is 0 Å². The van der Waals surface area contributed by atoms with Gasteiger partial charge < -0.3 is 9.47 Å². The predicted octanol–water partition coefficient (Wildman–Crippen LogP) is 8.89. The molecule has 0 saturated carbocycles. The normalized spacial score (nSPS) is 12.7. The molecule has 0 atom stereocenters. The van der Waals surface area contributed by atoms with Gasteiger partial charge in [-0.3, -0.25) is 0 Å². The molecule has 3 aromatic rings. The number of hydrogen-bond donors (Lipinski definition) is 0. The molecule has 210 valence electrons. The number of allylic oxidation sites excluding steroid dienone is 2. The Balaban J connectivity index is 1.51. The second-order valence-corrected chi connectivity index (χ2v) is 12.6. The van der Waals surface area contributed by atoms with E-state index in [1.807, 2.05) is 13.8 Å². The Bertz CT molecular complexity index is 1250. The van der Waals surface area contributed by atoms with Crippen molar-refractivity contribution in [1.82, 2.24) is 0 Å². The molecule has 0 saturated heterocycles. The highest BCUT2D eigenvalue weighted by atomic mass is 16.5. The predicted molar refractivity (Wildman–Crippen MR) is 162 cm³/mol. The molecule has 0 aliphatic heterocycles. The Morgan fingerprint density at radius 1 is 0.550 bits per heavy atom. The van der Waals surface area contributed by atoms with Gasteiger partial charge in [0.1, 0.15) is 0 Å². The van der Waals surface area contributed by atoms with Crippen LogP contribution in [0.15, 0.2) is 96.5 Å². The monoisotopic (exact) mass is 538 g/mol. The molecule has 0 unspecified atom stereocenters. The average Bonchev–Trinajstić information content (AvgIpc) is 2.90. The fraction of sp³-hybridized carbons (Fsp3) is 0.333. The molecule has 0 amide bonds. The van der Waals surface area contributed by atoms with Gasteiger partial charge in [-0.25, -0.2) is 9.59 Å². The van der Waals surface area contributed by atoms with Crippen molar-refractivity contribution in [3.63, 3.8) is 0 Å². The summed E-state index contributed by atoms with van der Waals surface area (Å²) >= 11 is 0. The lowest BCUT2D eigenvalue weighted by Gasteiger charge is -2.19. The number of carbonyl (C=O) groups is 2. The molecular formula is C36H42O4. The van der Waals surface area contributed by atoms with Crippen LogP contribution in [-0.4, -0.2) is 11.9 Å². The summed E-state index contributed by atoms with van der Waals surface area (Å²) in [6.07, 6.45) is 4.37. The molecule has 4 nitrogen and oxygen atoms in total. The fourth-order valence-electron chi connectivity index (χ4n) is 4.16.